The molecule has 152 valence electrons. The molecule has 4 heterocycles. The number of pyridine rings is 1. The summed E-state index contributed by atoms with van der Waals surface area (Å²) in [5.41, 5.74) is 2.98. The lowest BCUT2D eigenvalue weighted by Gasteiger charge is -2.36. The molecule has 0 N–H and O–H groups in total. The number of anilines is 1. The third-order valence-electron chi connectivity index (χ3n) is 5.94. The number of hydrogen-bond acceptors (Lipinski definition) is 6. The van der Waals surface area contributed by atoms with Crippen molar-refractivity contribution in [2.45, 2.75) is 19.4 Å². The van der Waals surface area contributed by atoms with E-state index in [-0.39, 0.29) is 5.91 Å². The van der Waals surface area contributed by atoms with E-state index in [9.17, 15) is 4.79 Å². The molecule has 0 aliphatic carbocycles. The Labute approximate surface area is 170 Å². The molecule has 0 spiro atoms. The minimum atomic E-state index is 0.110. The van der Waals surface area contributed by atoms with Crippen molar-refractivity contribution in [2.24, 2.45) is 0 Å². The summed E-state index contributed by atoms with van der Waals surface area (Å²) >= 11 is 0. The predicted molar refractivity (Wildman–Crippen MR) is 109 cm³/mol. The fourth-order valence-corrected chi connectivity index (χ4v) is 4.28. The lowest BCUT2D eigenvalue weighted by atomic mass is 10.1. The molecule has 0 saturated carbocycles. The highest BCUT2D eigenvalue weighted by atomic mass is 16.7. The van der Waals surface area contributed by atoms with Crippen LogP contribution in [-0.4, -0.2) is 66.8 Å². The smallest absolute Gasteiger partial charge is 0.255 e. The molecule has 29 heavy (non-hydrogen) atoms. The Kier molecular flexibility index (Phi) is 4.97. The van der Waals surface area contributed by atoms with E-state index in [0.717, 1.165) is 75.8 Å². The molecule has 1 aromatic heterocycles. The Morgan fingerprint density at radius 3 is 2.55 bits per heavy atom. The number of rotatable bonds is 4. The van der Waals surface area contributed by atoms with Crippen LogP contribution in [0.5, 0.6) is 11.5 Å². The molecule has 3 aliphatic heterocycles. The van der Waals surface area contributed by atoms with E-state index in [4.69, 9.17) is 9.47 Å². The zero-order chi connectivity index (χ0) is 19.6. The number of carbonyl (C=O) groups is 1. The highest BCUT2D eigenvalue weighted by Crippen LogP contribution is 2.33. The van der Waals surface area contributed by atoms with Gasteiger partial charge in [-0.25, -0.2) is 0 Å². The predicted octanol–water partition coefficient (Wildman–Crippen LogP) is 2.37. The molecule has 0 unspecified atom stereocenters. The first-order chi connectivity index (χ1) is 14.3. The zero-order valence-electron chi connectivity index (χ0n) is 16.5. The van der Waals surface area contributed by atoms with Gasteiger partial charge in [-0.05, 0) is 36.6 Å². The average molecular weight is 394 g/mol. The lowest BCUT2D eigenvalue weighted by molar-refractivity contribution is 0.0792. The number of piperazine rings is 1. The van der Waals surface area contributed by atoms with E-state index in [0.29, 0.717) is 12.4 Å². The minimum absolute atomic E-state index is 0.110. The van der Waals surface area contributed by atoms with Crippen LogP contribution in [0.2, 0.25) is 0 Å². The quantitative estimate of drug-likeness (QED) is 0.794. The maximum Gasteiger partial charge on any atom is 0.255 e. The molecule has 2 saturated heterocycles. The van der Waals surface area contributed by atoms with Gasteiger partial charge in [0, 0.05) is 52.0 Å². The topological polar surface area (TPSA) is 58.1 Å². The number of nitrogens with zero attached hydrogens (tertiary/aromatic N) is 4. The molecule has 3 aliphatic rings. The molecular formula is C22H26N4O3. The van der Waals surface area contributed by atoms with Crippen molar-refractivity contribution in [3.63, 3.8) is 0 Å². The van der Waals surface area contributed by atoms with Crippen molar-refractivity contribution in [1.29, 1.82) is 0 Å². The first-order valence-corrected chi connectivity index (χ1v) is 10.4. The van der Waals surface area contributed by atoms with Crippen LogP contribution >= 0.6 is 0 Å². The SMILES string of the molecule is O=C(c1cncc(N2CCN(Cc3ccc4c(c3)OCO4)CC2)c1)N1CCCC1. The Balaban J connectivity index is 1.19. The highest BCUT2D eigenvalue weighted by molar-refractivity contribution is 5.95. The first kappa shape index (κ1) is 18.2. The van der Waals surface area contributed by atoms with Crippen LogP contribution in [-0.2, 0) is 6.54 Å². The van der Waals surface area contributed by atoms with Crippen LogP contribution in [0.4, 0.5) is 5.69 Å². The van der Waals surface area contributed by atoms with Crippen LogP contribution in [0.15, 0.2) is 36.7 Å². The summed E-state index contributed by atoms with van der Waals surface area (Å²) in [5.74, 6) is 1.78. The number of aromatic nitrogens is 1. The maximum atomic E-state index is 12.7. The normalized spacial score (nSPS) is 19.0. The molecule has 1 amide bonds. The van der Waals surface area contributed by atoms with Crippen LogP contribution in [0.1, 0.15) is 28.8 Å². The van der Waals surface area contributed by atoms with Gasteiger partial charge in [-0.1, -0.05) is 6.07 Å². The second kappa shape index (κ2) is 7.91. The molecule has 7 nitrogen and oxygen atoms in total. The van der Waals surface area contributed by atoms with Gasteiger partial charge in [-0.3, -0.25) is 14.7 Å². The fraction of sp³-hybridized carbons (Fsp3) is 0.455. The lowest BCUT2D eigenvalue weighted by Crippen LogP contribution is -2.46. The summed E-state index contributed by atoms with van der Waals surface area (Å²) in [6.45, 7) is 6.73. The van der Waals surface area contributed by atoms with E-state index in [1.54, 1.807) is 6.20 Å². The molecule has 0 bridgehead atoms. The monoisotopic (exact) mass is 394 g/mol. The number of amides is 1. The second-order valence-electron chi connectivity index (χ2n) is 7.88. The third-order valence-corrected chi connectivity index (χ3v) is 5.94. The van der Waals surface area contributed by atoms with Gasteiger partial charge in [-0.2, -0.15) is 0 Å². The van der Waals surface area contributed by atoms with Gasteiger partial charge in [0.1, 0.15) is 0 Å². The second-order valence-corrected chi connectivity index (χ2v) is 7.88. The summed E-state index contributed by atoms with van der Waals surface area (Å²) < 4.78 is 10.9. The standard InChI is InChI=1S/C22H26N4O3/c27-22(26-5-1-2-6-26)18-12-19(14-23-13-18)25-9-7-24(8-10-25)15-17-3-4-20-21(11-17)29-16-28-20/h3-4,11-14H,1-2,5-10,15-16H2. The van der Waals surface area contributed by atoms with Crippen molar-refractivity contribution < 1.29 is 14.3 Å². The number of likely N-dealkylation sites (tertiary alicyclic amines) is 1. The van der Waals surface area contributed by atoms with Crippen molar-refractivity contribution in [3.05, 3.63) is 47.8 Å². The van der Waals surface area contributed by atoms with Gasteiger partial charge in [-0.15, -0.1) is 0 Å². The van der Waals surface area contributed by atoms with E-state index < -0.39 is 0 Å². The van der Waals surface area contributed by atoms with Crippen molar-refractivity contribution in [2.75, 3.05) is 51.0 Å². The van der Waals surface area contributed by atoms with Crippen LogP contribution in [0.3, 0.4) is 0 Å². The molecule has 5 rings (SSSR count). The number of carbonyl (C=O) groups excluding carboxylic acids is 1. The summed E-state index contributed by atoms with van der Waals surface area (Å²) in [5, 5.41) is 0. The van der Waals surface area contributed by atoms with Gasteiger partial charge < -0.3 is 19.3 Å². The molecule has 0 atom stereocenters. The van der Waals surface area contributed by atoms with Gasteiger partial charge in [0.2, 0.25) is 6.79 Å². The minimum Gasteiger partial charge on any atom is -0.454 e. The van der Waals surface area contributed by atoms with Crippen LogP contribution in [0, 0.1) is 0 Å². The van der Waals surface area contributed by atoms with Gasteiger partial charge in [0.25, 0.3) is 5.91 Å². The fourth-order valence-electron chi connectivity index (χ4n) is 4.28. The summed E-state index contributed by atoms with van der Waals surface area (Å²) in [6.07, 6.45) is 5.77. The van der Waals surface area contributed by atoms with E-state index >= 15 is 0 Å². The zero-order valence-corrected chi connectivity index (χ0v) is 16.5. The molecule has 0 radical (unpaired) electrons. The summed E-state index contributed by atoms with van der Waals surface area (Å²) in [7, 11) is 0. The maximum absolute atomic E-state index is 12.7. The Hall–Kier alpha value is -2.80. The van der Waals surface area contributed by atoms with Crippen LogP contribution < -0.4 is 14.4 Å². The van der Waals surface area contributed by atoms with E-state index in [1.807, 2.05) is 23.2 Å². The van der Waals surface area contributed by atoms with Gasteiger partial charge >= 0.3 is 0 Å². The third kappa shape index (κ3) is 3.87. The number of hydrogen-bond donors (Lipinski definition) is 0. The number of fused-ring (bicyclic) bond motifs is 1. The molecule has 1 aromatic carbocycles. The Morgan fingerprint density at radius 1 is 0.931 bits per heavy atom. The van der Waals surface area contributed by atoms with Gasteiger partial charge in [0.05, 0.1) is 17.4 Å². The Morgan fingerprint density at radius 2 is 1.72 bits per heavy atom. The largest absolute Gasteiger partial charge is 0.454 e. The summed E-state index contributed by atoms with van der Waals surface area (Å²) in [6, 6.07) is 8.17. The van der Waals surface area contributed by atoms with Gasteiger partial charge in [0.15, 0.2) is 11.5 Å². The molecular weight excluding hydrogens is 368 g/mol. The first-order valence-electron chi connectivity index (χ1n) is 10.4. The Bertz CT molecular complexity index is 889. The molecule has 2 aromatic rings. The van der Waals surface area contributed by atoms with E-state index in [1.165, 1.54) is 5.56 Å². The molecule has 7 heteroatoms. The van der Waals surface area contributed by atoms with Crippen molar-refractivity contribution >= 4 is 11.6 Å². The van der Waals surface area contributed by atoms with E-state index in [2.05, 4.69) is 26.9 Å². The van der Waals surface area contributed by atoms with Crippen molar-refractivity contribution in [3.8, 4) is 11.5 Å². The average Bonchev–Trinajstić information content (AvgIpc) is 3.46. The number of benzene rings is 1. The number of ether oxygens (including phenoxy) is 2. The highest BCUT2D eigenvalue weighted by Gasteiger charge is 2.22. The van der Waals surface area contributed by atoms with Crippen molar-refractivity contribution in [1.82, 2.24) is 14.8 Å². The van der Waals surface area contributed by atoms with Crippen LogP contribution in [0.25, 0.3) is 0 Å². The molecule has 2 fully saturated rings. The summed E-state index contributed by atoms with van der Waals surface area (Å²) in [4.78, 5) is 23.7.